The first kappa shape index (κ1) is 10.9. The SMILES string of the molecule is C/C=C(\C)Oc1cc(SC)cnc1N. The lowest BCUT2D eigenvalue weighted by Gasteiger charge is -2.08. The van der Waals surface area contributed by atoms with Crippen molar-refractivity contribution in [3.8, 4) is 5.75 Å². The molecule has 0 bridgehead atoms. The number of allylic oxidation sites excluding steroid dienone is 2. The quantitative estimate of drug-likeness (QED) is 0.615. The molecule has 0 atom stereocenters. The van der Waals surface area contributed by atoms with Crippen molar-refractivity contribution in [2.75, 3.05) is 12.0 Å². The summed E-state index contributed by atoms with van der Waals surface area (Å²) in [5, 5.41) is 0. The van der Waals surface area contributed by atoms with Crippen molar-refractivity contribution in [3.05, 3.63) is 24.1 Å². The van der Waals surface area contributed by atoms with E-state index in [1.807, 2.05) is 32.2 Å². The number of aromatic nitrogens is 1. The molecular weight excluding hydrogens is 196 g/mol. The molecule has 3 nitrogen and oxygen atoms in total. The van der Waals surface area contributed by atoms with Crippen LogP contribution in [0.4, 0.5) is 5.82 Å². The number of anilines is 1. The molecule has 1 rings (SSSR count). The summed E-state index contributed by atoms with van der Waals surface area (Å²) >= 11 is 1.61. The summed E-state index contributed by atoms with van der Waals surface area (Å²) in [7, 11) is 0. The van der Waals surface area contributed by atoms with Crippen LogP contribution in [0.5, 0.6) is 5.75 Å². The van der Waals surface area contributed by atoms with Crippen molar-refractivity contribution in [2.24, 2.45) is 0 Å². The van der Waals surface area contributed by atoms with Crippen molar-refractivity contribution >= 4 is 17.6 Å². The highest BCUT2D eigenvalue weighted by Crippen LogP contribution is 2.26. The molecule has 0 aromatic carbocycles. The van der Waals surface area contributed by atoms with E-state index in [4.69, 9.17) is 10.5 Å². The van der Waals surface area contributed by atoms with Gasteiger partial charge in [-0.05, 0) is 32.2 Å². The zero-order valence-corrected chi connectivity index (χ0v) is 9.39. The van der Waals surface area contributed by atoms with E-state index in [1.165, 1.54) is 0 Å². The van der Waals surface area contributed by atoms with E-state index in [0.717, 1.165) is 10.7 Å². The van der Waals surface area contributed by atoms with Gasteiger partial charge in [0.15, 0.2) is 11.6 Å². The summed E-state index contributed by atoms with van der Waals surface area (Å²) in [6, 6.07) is 1.89. The Labute approximate surface area is 88.4 Å². The Bertz CT molecular complexity index is 350. The van der Waals surface area contributed by atoms with Crippen LogP contribution in [0.2, 0.25) is 0 Å². The molecule has 0 spiro atoms. The van der Waals surface area contributed by atoms with Crippen molar-refractivity contribution in [2.45, 2.75) is 18.7 Å². The van der Waals surface area contributed by atoms with Gasteiger partial charge in [0.1, 0.15) is 0 Å². The van der Waals surface area contributed by atoms with Gasteiger partial charge < -0.3 is 10.5 Å². The van der Waals surface area contributed by atoms with Gasteiger partial charge in [0.05, 0.1) is 5.76 Å². The summed E-state index contributed by atoms with van der Waals surface area (Å²) in [5.41, 5.74) is 5.67. The molecule has 1 aromatic heterocycles. The molecule has 0 aliphatic rings. The average Bonchev–Trinajstić information content (AvgIpc) is 2.21. The Morgan fingerprint density at radius 3 is 2.93 bits per heavy atom. The monoisotopic (exact) mass is 210 g/mol. The molecule has 0 amide bonds. The highest BCUT2D eigenvalue weighted by atomic mass is 32.2. The van der Waals surface area contributed by atoms with Crippen LogP contribution in [0.1, 0.15) is 13.8 Å². The predicted molar refractivity (Wildman–Crippen MR) is 60.5 cm³/mol. The van der Waals surface area contributed by atoms with Gasteiger partial charge in [-0.2, -0.15) is 0 Å². The fraction of sp³-hybridized carbons (Fsp3) is 0.300. The van der Waals surface area contributed by atoms with Crippen LogP contribution in [-0.2, 0) is 0 Å². The lowest BCUT2D eigenvalue weighted by molar-refractivity contribution is 0.426. The molecule has 0 radical (unpaired) electrons. The zero-order chi connectivity index (χ0) is 10.6. The number of nitrogen functional groups attached to an aromatic ring is 1. The largest absolute Gasteiger partial charge is 0.458 e. The van der Waals surface area contributed by atoms with E-state index in [9.17, 15) is 0 Å². The zero-order valence-electron chi connectivity index (χ0n) is 8.57. The summed E-state index contributed by atoms with van der Waals surface area (Å²) in [5.74, 6) is 1.85. The summed E-state index contributed by atoms with van der Waals surface area (Å²) in [4.78, 5) is 5.08. The molecule has 0 fully saturated rings. The number of hydrogen-bond donors (Lipinski definition) is 1. The van der Waals surface area contributed by atoms with Gasteiger partial charge in [0.25, 0.3) is 0 Å². The maximum absolute atomic E-state index is 5.67. The molecule has 2 N–H and O–H groups in total. The molecule has 4 heteroatoms. The first-order chi connectivity index (χ1) is 6.67. The van der Waals surface area contributed by atoms with Gasteiger partial charge in [-0.15, -0.1) is 11.8 Å². The van der Waals surface area contributed by atoms with Crippen LogP contribution in [0.15, 0.2) is 29.0 Å². The molecular formula is C10H14N2OS. The Morgan fingerprint density at radius 2 is 2.36 bits per heavy atom. The van der Waals surface area contributed by atoms with Crippen molar-refractivity contribution in [3.63, 3.8) is 0 Å². The number of thioether (sulfide) groups is 1. The van der Waals surface area contributed by atoms with Crippen LogP contribution in [0.25, 0.3) is 0 Å². The maximum atomic E-state index is 5.67. The highest BCUT2D eigenvalue weighted by Gasteiger charge is 2.03. The fourth-order valence-corrected chi connectivity index (χ4v) is 1.25. The van der Waals surface area contributed by atoms with E-state index in [2.05, 4.69) is 4.98 Å². The second-order valence-corrected chi connectivity index (χ2v) is 3.64. The van der Waals surface area contributed by atoms with E-state index in [1.54, 1.807) is 18.0 Å². The van der Waals surface area contributed by atoms with Crippen molar-refractivity contribution in [1.82, 2.24) is 4.98 Å². The van der Waals surface area contributed by atoms with Gasteiger partial charge in [0.2, 0.25) is 0 Å². The Kier molecular flexibility index (Phi) is 3.83. The lowest BCUT2D eigenvalue weighted by atomic mass is 10.4. The first-order valence-corrected chi connectivity index (χ1v) is 5.50. The smallest absolute Gasteiger partial charge is 0.170 e. The van der Waals surface area contributed by atoms with Crippen LogP contribution in [0, 0.1) is 0 Å². The van der Waals surface area contributed by atoms with Crippen molar-refractivity contribution < 1.29 is 4.74 Å². The molecule has 1 aromatic rings. The van der Waals surface area contributed by atoms with Gasteiger partial charge in [-0.3, -0.25) is 0 Å². The number of pyridine rings is 1. The molecule has 1 heterocycles. The third-order valence-corrected chi connectivity index (χ3v) is 2.46. The first-order valence-electron chi connectivity index (χ1n) is 4.27. The van der Waals surface area contributed by atoms with Gasteiger partial charge in [-0.1, -0.05) is 0 Å². The van der Waals surface area contributed by atoms with Gasteiger partial charge in [-0.25, -0.2) is 4.98 Å². The standard InChI is InChI=1S/C10H14N2OS/c1-4-7(2)13-9-5-8(14-3)6-12-10(9)11/h4-6H,1-3H3,(H2,11,12)/b7-4+. The molecule has 0 saturated heterocycles. The summed E-state index contributed by atoms with van der Waals surface area (Å²) in [6.45, 7) is 3.79. The Balaban J connectivity index is 2.95. The Morgan fingerprint density at radius 1 is 1.64 bits per heavy atom. The molecule has 0 saturated carbocycles. The number of nitrogens with zero attached hydrogens (tertiary/aromatic N) is 1. The second kappa shape index (κ2) is 4.91. The highest BCUT2D eigenvalue weighted by molar-refractivity contribution is 7.98. The third kappa shape index (κ3) is 2.67. The van der Waals surface area contributed by atoms with E-state index in [-0.39, 0.29) is 0 Å². The average molecular weight is 210 g/mol. The molecule has 0 unspecified atom stereocenters. The van der Waals surface area contributed by atoms with E-state index in [0.29, 0.717) is 11.6 Å². The number of ether oxygens (including phenoxy) is 1. The normalized spacial score (nSPS) is 11.5. The third-order valence-electron chi connectivity index (χ3n) is 1.77. The summed E-state index contributed by atoms with van der Waals surface area (Å²) < 4.78 is 5.50. The molecule has 14 heavy (non-hydrogen) atoms. The molecule has 0 aliphatic carbocycles. The molecule has 0 aliphatic heterocycles. The number of rotatable bonds is 3. The number of nitrogens with two attached hydrogens (primary N) is 1. The summed E-state index contributed by atoms with van der Waals surface area (Å²) in [6.07, 6.45) is 5.60. The maximum Gasteiger partial charge on any atom is 0.170 e. The van der Waals surface area contributed by atoms with Crippen LogP contribution in [-0.4, -0.2) is 11.2 Å². The van der Waals surface area contributed by atoms with E-state index >= 15 is 0 Å². The Hall–Kier alpha value is -1.16. The van der Waals surface area contributed by atoms with E-state index < -0.39 is 0 Å². The van der Waals surface area contributed by atoms with Crippen LogP contribution >= 0.6 is 11.8 Å². The lowest BCUT2D eigenvalue weighted by Crippen LogP contribution is -1.98. The number of hydrogen-bond acceptors (Lipinski definition) is 4. The topological polar surface area (TPSA) is 48.1 Å². The van der Waals surface area contributed by atoms with Crippen LogP contribution < -0.4 is 10.5 Å². The minimum Gasteiger partial charge on any atom is -0.458 e. The molecule has 76 valence electrons. The van der Waals surface area contributed by atoms with Gasteiger partial charge in [0, 0.05) is 11.1 Å². The predicted octanol–water partition coefficient (Wildman–Crippen LogP) is 2.69. The minimum absolute atomic E-state index is 0.420. The fourth-order valence-electron chi connectivity index (χ4n) is 0.863. The van der Waals surface area contributed by atoms with Gasteiger partial charge >= 0.3 is 0 Å². The van der Waals surface area contributed by atoms with Crippen molar-refractivity contribution in [1.29, 1.82) is 0 Å². The van der Waals surface area contributed by atoms with Crippen LogP contribution in [0.3, 0.4) is 0 Å². The second-order valence-electron chi connectivity index (χ2n) is 2.76. The minimum atomic E-state index is 0.420.